The van der Waals surface area contributed by atoms with E-state index in [0.29, 0.717) is 5.92 Å². The minimum atomic E-state index is 0.713. The van der Waals surface area contributed by atoms with Gasteiger partial charge in [0, 0.05) is 5.92 Å². The maximum atomic E-state index is 3.84. The molecule has 2 saturated carbocycles. The smallest absolute Gasteiger partial charge is 0.0203 e. The monoisotopic (exact) mass is 258 g/mol. The molecule has 0 atom stereocenters. The van der Waals surface area contributed by atoms with E-state index in [9.17, 15) is 0 Å². The average Bonchev–Trinajstić information content (AvgIpc) is 2.47. The van der Waals surface area contributed by atoms with Crippen LogP contribution in [0.5, 0.6) is 0 Å². The molecule has 0 aromatic rings. The van der Waals surface area contributed by atoms with Gasteiger partial charge < -0.3 is 0 Å². The lowest BCUT2D eigenvalue weighted by atomic mass is 9.69. The summed E-state index contributed by atoms with van der Waals surface area (Å²) in [4.78, 5) is 0. The minimum Gasteiger partial charge on any atom is -0.106 e. The molecule has 2 rings (SSSR count). The Bertz CT molecular complexity index is 314. The van der Waals surface area contributed by atoms with Crippen molar-refractivity contribution in [1.82, 2.24) is 0 Å². The molecule has 0 aromatic carbocycles. The van der Waals surface area contributed by atoms with Crippen molar-refractivity contribution in [2.75, 3.05) is 0 Å². The molecule has 0 nitrogen and oxygen atoms in total. The SMILES string of the molecule is C=CCCC1CCC([C@H]2CC[C@H](C#CC)CC2)CC1. The largest absolute Gasteiger partial charge is 0.106 e. The van der Waals surface area contributed by atoms with E-state index < -0.39 is 0 Å². The van der Waals surface area contributed by atoms with Gasteiger partial charge in [-0.25, -0.2) is 0 Å². The molecule has 0 unspecified atom stereocenters. The molecule has 0 radical (unpaired) electrons. The van der Waals surface area contributed by atoms with Gasteiger partial charge in [-0.05, 0) is 76.0 Å². The van der Waals surface area contributed by atoms with E-state index >= 15 is 0 Å². The maximum absolute atomic E-state index is 3.84. The van der Waals surface area contributed by atoms with Crippen molar-refractivity contribution in [2.24, 2.45) is 23.7 Å². The van der Waals surface area contributed by atoms with E-state index in [1.165, 1.54) is 64.2 Å². The van der Waals surface area contributed by atoms with Gasteiger partial charge in [-0.15, -0.1) is 18.4 Å². The molecule has 2 fully saturated rings. The van der Waals surface area contributed by atoms with E-state index in [-0.39, 0.29) is 0 Å². The van der Waals surface area contributed by atoms with Crippen molar-refractivity contribution in [1.29, 1.82) is 0 Å². The molecular weight excluding hydrogens is 228 g/mol. The van der Waals surface area contributed by atoms with Crippen LogP contribution in [-0.2, 0) is 0 Å². The summed E-state index contributed by atoms with van der Waals surface area (Å²) in [5, 5.41) is 0. The third kappa shape index (κ3) is 4.41. The highest BCUT2D eigenvalue weighted by Gasteiger charge is 2.30. The molecule has 106 valence electrons. The lowest BCUT2D eigenvalue weighted by molar-refractivity contribution is 0.154. The molecule has 19 heavy (non-hydrogen) atoms. The Morgan fingerprint density at radius 3 is 2.05 bits per heavy atom. The van der Waals surface area contributed by atoms with Crippen LogP contribution < -0.4 is 0 Å². The Kier molecular flexibility index (Phi) is 6.02. The van der Waals surface area contributed by atoms with Crippen LogP contribution in [-0.4, -0.2) is 0 Å². The van der Waals surface area contributed by atoms with Crippen molar-refractivity contribution < 1.29 is 0 Å². The van der Waals surface area contributed by atoms with E-state index in [4.69, 9.17) is 0 Å². The van der Waals surface area contributed by atoms with Crippen LogP contribution in [0.25, 0.3) is 0 Å². The number of hydrogen-bond donors (Lipinski definition) is 0. The topological polar surface area (TPSA) is 0 Å². The van der Waals surface area contributed by atoms with Crippen LogP contribution in [0, 0.1) is 35.5 Å². The quantitative estimate of drug-likeness (QED) is 0.455. The van der Waals surface area contributed by atoms with Gasteiger partial charge in [0.25, 0.3) is 0 Å². The predicted octanol–water partition coefficient (Wildman–Crippen LogP) is 5.59. The summed E-state index contributed by atoms with van der Waals surface area (Å²) < 4.78 is 0. The molecule has 0 spiro atoms. The zero-order valence-electron chi connectivity index (χ0n) is 12.7. The highest BCUT2D eigenvalue weighted by Crippen LogP contribution is 2.42. The van der Waals surface area contributed by atoms with Crippen molar-refractivity contribution in [3.8, 4) is 11.8 Å². The van der Waals surface area contributed by atoms with Crippen LogP contribution in [0.1, 0.15) is 71.1 Å². The third-order valence-corrected chi connectivity index (χ3v) is 5.46. The van der Waals surface area contributed by atoms with Gasteiger partial charge in [0.1, 0.15) is 0 Å². The molecular formula is C19H30. The van der Waals surface area contributed by atoms with Crippen molar-refractivity contribution in [2.45, 2.75) is 71.1 Å². The summed E-state index contributed by atoms with van der Waals surface area (Å²) in [6.45, 7) is 5.83. The second-order valence-electron chi connectivity index (χ2n) is 6.65. The first-order valence-electron chi connectivity index (χ1n) is 8.36. The molecule has 0 saturated heterocycles. The van der Waals surface area contributed by atoms with Gasteiger partial charge >= 0.3 is 0 Å². The number of rotatable bonds is 4. The highest BCUT2D eigenvalue weighted by atomic mass is 14.3. The fraction of sp³-hybridized carbons (Fsp3) is 0.789. The molecule has 0 N–H and O–H groups in total. The van der Waals surface area contributed by atoms with Gasteiger partial charge in [-0.3, -0.25) is 0 Å². The lowest BCUT2D eigenvalue weighted by Crippen LogP contribution is -2.25. The van der Waals surface area contributed by atoms with Crippen LogP contribution >= 0.6 is 0 Å². The molecule has 0 heteroatoms. The molecule has 2 aliphatic carbocycles. The Labute approximate surface area is 120 Å². The molecule has 0 bridgehead atoms. The molecule has 2 aliphatic rings. The first-order chi connectivity index (χ1) is 9.33. The zero-order valence-corrected chi connectivity index (χ0v) is 12.7. The normalized spacial score (nSPS) is 35.2. The summed E-state index contributed by atoms with van der Waals surface area (Å²) in [5.41, 5.74) is 0. The Hall–Kier alpha value is -0.700. The fourth-order valence-electron chi connectivity index (χ4n) is 4.24. The van der Waals surface area contributed by atoms with Gasteiger partial charge in [-0.1, -0.05) is 18.9 Å². The number of allylic oxidation sites excluding steroid dienone is 1. The van der Waals surface area contributed by atoms with Crippen LogP contribution in [0.3, 0.4) is 0 Å². The summed E-state index contributed by atoms with van der Waals surface area (Å²) in [6.07, 6.45) is 16.3. The molecule has 0 heterocycles. The first kappa shape index (κ1) is 14.7. The van der Waals surface area contributed by atoms with Gasteiger partial charge in [-0.2, -0.15) is 0 Å². The summed E-state index contributed by atoms with van der Waals surface area (Å²) >= 11 is 0. The van der Waals surface area contributed by atoms with Crippen molar-refractivity contribution in [3.63, 3.8) is 0 Å². The maximum Gasteiger partial charge on any atom is 0.0203 e. The Morgan fingerprint density at radius 2 is 1.53 bits per heavy atom. The minimum absolute atomic E-state index is 0.713. The van der Waals surface area contributed by atoms with Crippen molar-refractivity contribution >= 4 is 0 Å². The zero-order chi connectivity index (χ0) is 13.5. The third-order valence-electron chi connectivity index (χ3n) is 5.46. The van der Waals surface area contributed by atoms with E-state index in [0.717, 1.165) is 17.8 Å². The predicted molar refractivity (Wildman–Crippen MR) is 83.8 cm³/mol. The van der Waals surface area contributed by atoms with Gasteiger partial charge in [0.15, 0.2) is 0 Å². The van der Waals surface area contributed by atoms with Crippen LogP contribution in [0.15, 0.2) is 12.7 Å². The summed E-state index contributed by atoms with van der Waals surface area (Å²) in [5.74, 6) is 10.2. The van der Waals surface area contributed by atoms with E-state index in [2.05, 4.69) is 24.5 Å². The van der Waals surface area contributed by atoms with E-state index in [1.54, 1.807) is 0 Å². The van der Waals surface area contributed by atoms with Gasteiger partial charge in [0.05, 0.1) is 0 Å². The number of hydrogen-bond acceptors (Lipinski definition) is 0. The molecule has 0 amide bonds. The second-order valence-corrected chi connectivity index (χ2v) is 6.65. The lowest BCUT2D eigenvalue weighted by Gasteiger charge is -2.37. The highest BCUT2D eigenvalue weighted by molar-refractivity contribution is 5.02. The van der Waals surface area contributed by atoms with Gasteiger partial charge in [0.2, 0.25) is 0 Å². The second kappa shape index (κ2) is 7.78. The first-order valence-corrected chi connectivity index (χ1v) is 8.36. The summed E-state index contributed by atoms with van der Waals surface area (Å²) in [6, 6.07) is 0. The van der Waals surface area contributed by atoms with Crippen LogP contribution in [0.4, 0.5) is 0 Å². The fourth-order valence-corrected chi connectivity index (χ4v) is 4.24. The standard InChI is InChI=1S/C19H30/c1-3-5-7-17-10-14-19(15-11-17)18-12-8-16(6-4-2)9-13-18/h3,16-19H,1,5,7-15H2,2H3/t16-,17?,18-,19?. The average molecular weight is 258 g/mol. The molecule has 0 aliphatic heterocycles. The van der Waals surface area contributed by atoms with E-state index in [1.807, 2.05) is 6.92 Å². The Morgan fingerprint density at radius 1 is 0.947 bits per heavy atom. The molecule has 0 aromatic heterocycles. The summed E-state index contributed by atoms with van der Waals surface area (Å²) in [7, 11) is 0. The Balaban J connectivity index is 1.70. The van der Waals surface area contributed by atoms with Crippen molar-refractivity contribution in [3.05, 3.63) is 12.7 Å². The van der Waals surface area contributed by atoms with Crippen LogP contribution in [0.2, 0.25) is 0 Å².